The lowest BCUT2D eigenvalue weighted by Gasteiger charge is -2.19. The van der Waals surface area contributed by atoms with Crippen LogP contribution in [0.4, 0.5) is 0 Å². The zero-order valence-corrected chi connectivity index (χ0v) is 13.0. The summed E-state index contributed by atoms with van der Waals surface area (Å²) in [6, 6.07) is 6.13. The highest BCUT2D eigenvalue weighted by atomic mass is 15.3. The Balaban J connectivity index is 1.45. The molecule has 118 valence electrons. The molecule has 0 saturated heterocycles. The number of pyridine rings is 1. The summed E-state index contributed by atoms with van der Waals surface area (Å²) < 4.78 is 4.30. The van der Waals surface area contributed by atoms with E-state index in [4.69, 9.17) is 0 Å². The third-order valence-corrected chi connectivity index (χ3v) is 4.35. The van der Waals surface area contributed by atoms with Gasteiger partial charge in [0.05, 0.1) is 18.4 Å². The van der Waals surface area contributed by atoms with E-state index in [2.05, 4.69) is 36.7 Å². The maximum Gasteiger partial charge on any atom is 0.110 e. The van der Waals surface area contributed by atoms with Gasteiger partial charge in [-0.25, -0.2) is 4.98 Å². The fourth-order valence-corrected chi connectivity index (χ4v) is 3.13. The standard InChI is InChI=1S/C17H20N6/c1-5-20-22(8-1)14-16-12-19-17-4-9-21(10-11-23(16)17)13-15-2-6-18-7-3-15/h1-3,5-8,12H,4,9-11,13-14H2. The van der Waals surface area contributed by atoms with Crippen molar-refractivity contribution in [3.05, 3.63) is 66.3 Å². The monoisotopic (exact) mass is 308 g/mol. The lowest BCUT2D eigenvalue weighted by atomic mass is 10.2. The Morgan fingerprint density at radius 1 is 1.00 bits per heavy atom. The SMILES string of the molecule is c1cnn(Cc2cnc3n2CCN(Cc2ccncc2)CC3)c1. The Morgan fingerprint density at radius 3 is 2.74 bits per heavy atom. The molecule has 4 heterocycles. The third kappa shape index (κ3) is 3.17. The van der Waals surface area contributed by atoms with Gasteiger partial charge in [0.2, 0.25) is 0 Å². The van der Waals surface area contributed by atoms with Gasteiger partial charge in [0.15, 0.2) is 0 Å². The van der Waals surface area contributed by atoms with Crippen LogP contribution < -0.4 is 0 Å². The van der Waals surface area contributed by atoms with Crippen molar-refractivity contribution in [2.45, 2.75) is 26.1 Å². The number of imidazole rings is 1. The van der Waals surface area contributed by atoms with Crippen molar-refractivity contribution < 1.29 is 0 Å². The predicted molar refractivity (Wildman–Crippen MR) is 86.8 cm³/mol. The lowest BCUT2D eigenvalue weighted by Crippen LogP contribution is -2.26. The van der Waals surface area contributed by atoms with Crippen LogP contribution in [0.15, 0.2) is 49.2 Å². The molecule has 0 atom stereocenters. The first-order chi connectivity index (χ1) is 11.4. The molecule has 0 saturated carbocycles. The molecule has 0 fully saturated rings. The fourth-order valence-electron chi connectivity index (χ4n) is 3.13. The topological polar surface area (TPSA) is 51.8 Å². The molecule has 6 nitrogen and oxygen atoms in total. The summed E-state index contributed by atoms with van der Waals surface area (Å²) in [6.07, 6.45) is 10.5. The van der Waals surface area contributed by atoms with E-state index in [1.165, 1.54) is 17.1 Å². The van der Waals surface area contributed by atoms with Crippen LogP contribution in [-0.2, 0) is 26.1 Å². The molecule has 6 heteroatoms. The largest absolute Gasteiger partial charge is 0.329 e. The van der Waals surface area contributed by atoms with Gasteiger partial charge in [0.1, 0.15) is 5.82 Å². The van der Waals surface area contributed by atoms with E-state index < -0.39 is 0 Å². The van der Waals surface area contributed by atoms with E-state index in [0.29, 0.717) is 0 Å². The summed E-state index contributed by atoms with van der Waals surface area (Å²) in [5, 5.41) is 4.29. The minimum atomic E-state index is 0.782. The van der Waals surface area contributed by atoms with E-state index >= 15 is 0 Å². The number of nitrogens with zero attached hydrogens (tertiary/aromatic N) is 6. The van der Waals surface area contributed by atoms with Crippen molar-refractivity contribution >= 4 is 0 Å². The molecule has 0 N–H and O–H groups in total. The molecule has 3 aromatic rings. The molecule has 0 unspecified atom stereocenters. The minimum Gasteiger partial charge on any atom is -0.329 e. The summed E-state index contributed by atoms with van der Waals surface area (Å²) in [5.41, 5.74) is 2.55. The van der Waals surface area contributed by atoms with Gasteiger partial charge in [0, 0.05) is 57.4 Å². The van der Waals surface area contributed by atoms with Crippen LogP contribution in [0.2, 0.25) is 0 Å². The maximum absolute atomic E-state index is 4.62. The molecule has 0 amide bonds. The van der Waals surface area contributed by atoms with Crippen LogP contribution in [0, 0.1) is 0 Å². The quantitative estimate of drug-likeness (QED) is 0.734. The zero-order valence-electron chi connectivity index (χ0n) is 13.0. The van der Waals surface area contributed by atoms with Crippen LogP contribution in [-0.4, -0.2) is 42.3 Å². The highest BCUT2D eigenvalue weighted by Crippen LogP contribution is 2.14. The summed E-state index contributed by atoms with van der Waals surface area (Å²) in [5.74, 6) is 1.18. The Labute approximate surface area is 135 Å². The highest BCUT2D eigenvalue weighted by Gasteiger charge is 2.17. The first-order valence-corrected chi connectivity index (χ1v) is 8.00. The van der Waals surface area contributed by atoms with Crippen molar-refractivity contribution in [1.29, 1.82) is 0 Å². The predicted octanol–water partition coefficient (Wildman–Crippen LogP) is 1.58. The van der Waals surface area contributed by atoms with Gasteiger partial charge in [-0.3, -0.25) is 14.6 Å². The Kier molecular flexibility index (Phi) is 3.90. The normalized spacial score (nSPS) is 15.3. The highest BCUT2D eigenvalue weighted by molar-refractivity contribution is 5.11. The summed E-state index contributed by atoms with van der Waals surface area (Å²) in [6.45, 7) is 4.82. The first kappa shape index (κ1) is 14.1. The van der Waals surface area contributed by atoms with E-state index in [1.54, 1.807) is 0 Å². The van der Waals surface area contributed by atoms with Gasteiger partial charge >= 0.3 is 0 Å². The molecule has 0 spiro atoms. The van der Waals surface area contributed by atoms with Crippen LogP contribution in [0.25, 0.3) is 0 Å². The van der Waals surface area contributed by atoms with E-state index in [9.17, 15) is 0 Å². The molecule has 23 heavy (non-hydrogen) atoms. The third-order valence-electron chi connectivity index (χ3n) is 4.35. The molecule has 0 bridgehead atoms. The molecule has 1 aliphatic heterocycles. The van der Waals surface area contributed by atoms with Crippen molar-refractivity contribution in [2.24, 2.45) is 0 Å². The van der Waals surface area contributed by atoms with E-state index in [0.717, 1.165) is 39.1 Å². The number of rotatable bonds is 4. The number of fused-ring (bicyclic) bond motifs is 1. The average molecular weight is 308 g/mol. The van der Waals surface area contributed by atoms with Crippen molar-refractivity contribution in [3.8, 4) is 0 Å². The molecular weight excluding hydrogens is 288 g/mol. The Bertz CT molecular complexity index is 747. The van der Waals surface area contributed by atoms with Gasteiger partial charge in [-0.05, 0) is 23.8 Å². The summed E-state index contributed by atoms with van der Waals surface area (Å²) in [7, 11) is 0. The van der Waals surface area contributed by atoms with Crippen LogP contribution in [0.5, 0.6) is 0 Å². The van der Waals surface area contributed by atoms with Crippen molar-refractivity contribution in [3.63, 3.8) is 0 Å². The molecule has 0 aliphatic carbocycles. The second-order valence-electron chi connectivity index (χ2n) is 5.90. The van der Waals surface area contributed by atoms with Crippen LogP contribution in [0.3, 0.4) is 0 Å². The van der Waals surface area contributed by atoms with E-state index in [1.807, 2.05) is 41.7 Å². The summed E-state index contributed by atoms with van der Waals surface area (Å²) in [4.78, 5) is 11.2. The van der Waals surface area contributed by atoms with Crippen molar-refractivity contribution in [1.82, 2.24) is 29.2 Å². The first-order valence-electron chi connectivity index (χ1n) is 8.00. The van der Waals surface area contributed by atoms with Gasteiger partial charge < -0.3 is 4.57 Å². The van der Waals surface area contributed by atoms with Gasteiger partial charge in [-0.15, -0.1) is 0 Å². The number of hydrogen-bond donors (Lipinski definition) is 0. The van der Waals surface area contributed by atoms with Crippen LogP contribution >= 0.6 is 0 Å². The lowest BCUT2D eigenvalue weighted by molar-refractivity contribution is 0.270. The molecule has 3 aromatic heterocycles. The van der Waals surface area contributed by atoms with E-state index in [-0.39, 0.29) is 0 Å². The summed E-state index contributed by atoms with van der Waals surface area (Å²) >= 11 is 0. The molecular formula is C17H20N6. The number of hydrogen-bond acceptors (Lipinski definition) is 4. The average Bonchev–Trinajstić information content (AvgIpc) is 3.17. The maximum atomic E-state index is 4.62. The Morgan fingerprint density at radius 2 is 1.91 bits per heavy atom. The smallest absolute Gasteiger partial charge is 0.110 e. The zero-order chi connectivity index (χ0) is 15.5. The molecule has 0 radical (unpaired) electrons. The molecule has 4 rings (SSSR count). The fraction of sp³-hybridized carbons (Fsp3) is 0.353. The van der Waals surface area contributed by atoms with Crippen molar-refractivity contribution in [2.75, 3.05) is 13.1 Å². The molecule has 1 aliphatic rings. The minimum absolute atomic E-state index is 0.782. The van der Waals surface area contributed by atoms with Crippen LogP contribution in [0.1, 0.15) is 17.1 Å². The number of aromatic nitrogens is 5. The van der Waals surface area contributed by atoms with Gasteiger partial charge in [0.25, 0.3) is 0 Å². The second kappa shape index (κ2) is 6.34. The van der Waals surface area contributed by atoms with Gasteiger partial charge in [-0.1, -0.05) is 0 Å². The second-order valence-corrected chi connectivity index (χ2v) is 5.90. The van der Waals surface area contributed by atoms with Gasteiger partial charge in [-0.2, -0.15) is 5.10 Å². The Hall–Kier alpha value is -2.47. The molecule has 0 aromatic carbocycles.